The van der Waals surface area contributed by atoms with Crippen LogP contribution in [0.5, 0.6) is 0 Å². The Hall–Kier alpha value is -5.92. The molecule has 10 rings (SSSR count). The predicted molar refractivity (Wildman–Crippen MR) is 284 cm³/mol. The number of fused-ring (bicyclic) bond motifs is 4. The molecular formula is C61H60GeIrN4O-2. The van der Waals surface area contributed by atoms with Crippen molar-refractivity contribution < 1.29 is 28.6 Å². The van der Waals surface area contributed by atoms with Gasteiger partial charge in [-0.1, -0.05) is 87.2 Å². The third kappa shape index (κ3) is 9.44. The van der Waals surface area contributed by atoms with Gasteiger partial charge in [0.15, 0.2) is 5.65 Å². The van der Waals surface area contributed by atoms with E-state index in [9.17, 15) is 0 Å². The Morgan fingerprint density at radius 2 is 1.38 bits per heavy atom. The van der Waals surface area contributed by atoms with Gasteiger partial charge >= 0.3 is 165 Å². The first-order valence-corrected chi connectivity index (χ1v) is 30.7. The van der Waals surface area contributed by atoms with Gasteiger partial charge in [-0.2, -0.15) is 0 Å². The van der Waals surface area contributed by atoms with Crippen molar-refractivity contribution in [1.82, 2.24) is 19.5 Å². The largest absolute Gasteiger partial charge is 0 e. The van der Waals surface area contributed by atoms with Crippen LogP contribution in [0, 0.1) is 25.9 Å². The molecule has 0 saturated heterocycles. The van der Waals surface area contributed by atoms with Crippen LogP contribution in [0.2, 0.25) is 17.3 Å². The number of para-hydroxylation sites is 1. The maximum Gasteiger partial charge on any atom is 0 e. The van der Waals surface area contributed by atoms with E-state index >= 15 is 0 Å². The number of aryl methyl sites for hydroxylation is 2. The number of furan rings is 1. The second kappa shape index (κ2) is 19.6. The second-order valence-corrected chi connectivity index (χ2v) is 30.4. The third-order valence-corrected chi connectivity index (χ3v) is 17.2. The topological polar surface area (TPSA) is 56.7 Å². The van der Waals surface area contributed by atoms with Gasteiger partial charge in [0.2, 0.25) is 0 Å². The Kier molecular flexibility index (Phi) is 12.8. The number of hydrogen-bond acceptors (Lipinski definition) is 4. The fraction of sp³-hybridized carbons (Fsp3) is 0.230. The molecule has 0 saturated carbocycles. The van der Waals surface area contributed by atoms with Gasteiger partial charge in [0.05, 0.1) is 16.9 Å². The van der Waals surface area contributed by atoms with E-state index in [1.807, 2.05) is 48.8 Å². The maximum atomic E-state index is 7.56. The number of benzene rings is 6. The average molecular weight is 1130 g/mol. The zero-order chi connectivity index (χ0) is 49.7. The van der Waals surface area contributed by atoms with Gasteiger partial charge in [-0.3, -0.25) is 4.98 Å². The van der Waals surface area contributed by atoms with Crippen molar-refractivity contribution in [3.8, 4) is 39.5 Å². The van der Waals surface area contributed by atoms with E-state index in [4.69, 9.17) is 23.5 Å². The summed E-state index contributed by atoms with van der Waals surface area (Å²) in [5, 5.41) is 2.15. The number of nitrogens with zero attached hydrogens (tertiary/aromatic N) is 4. The van der Waals surface area contributed by atoms with E-state index in [-0.39, 0.29) is 37.4 Å². The fourth-order valence-corrected chi connectivity index (χ4v) is 12.7. The van der Waals surface area contributed by atoms with Crippen LogP contribution in [-0.4, -0.2) is 32.8 Å². The molecule has 10 aromatic rings. The Morgan fingerprint density at radius 1 is 0.706 bits per heavy atom. The van der Waals surface area contributed by atoms with E-state index in [2.05, 4.69) is 173 Å². The summed E-state index contributed by atoms with van der Waals surface area (Å²) in [7, 11) is 0. The molecule has 6 aromatic carbocycles. The van der Waals surface area contributed by atoms with Crippen LogP contribution >= 0.6 is 0 Å². The minimum absolute atomic E-state index is 0. The van der Waals surface area contributed by atoms with Gasteiger partial charge in [0.1, 0.15) is 5.58 Å². The molecule has 0 aliphatic rings. The van der Waals surface area contributed by atoms with Crippen LogP contribution in [0.1, 0.15) is 90.9 Å². The Labute approximate surface area is 423 Å². The van der Waals surface area contributed by atoms with Crippen LogP contribution in [0.15, 0.2) is 156 Å². The summed E-state index contributed by atoms with van der Waals surface area (Å²) in [5.74, 6) is 8.51. The standard InChI is InChI=1S/C37H32N3O.C24H28GeN.Ir/c1-22(2)30-19-26(25-12-7-6-8-13-25)20-31(23(3)4)34(30)40-32-18-24(5)21-38-36(32)39-37(40)29-16-11-15-28-27-14-9-10-17-33(27)41-35(28)29;1-18-12-14-19(15-13-18)23-16-21(22(17-26-23)25(4,5)6)24(2,3)20-10-8-7-9-11-20;/h6-15,17-23H,1-5H3;7-14,16-17H,1-6H3;/q2*-1;/i;1D3;. The Morgan fingerprint density at radius 3 is 2.03 bits per heavy atom. The normalized spacial score (nSPS) is 12.7. The molecule has 0 unspecified atom stereocenters. The minimum Gasteiger partial charge on any atom is 0 e. The first kappa shape index (κ1) is 44.6. The zero-order valence-electron chi connectivity index (χ0n) is 43.6. The number of imidazole rings is 1. The summed E-state index contributed by atoms with van der Waals surface area (Å²) in [4.78, 5) is 14.7. The molecule has 0 spiro atoms. The number of hydrogen-bond donors (Lipinski definition) is 0. The van der Waals surface area contributed by atoms with Crippen molar-refractivity contribution in [1.29, 1.82) is 0 Å². The van der Waals surface area contributed by atoms with Gasteiger partial charge in [-0.15, -0.1) is 18.2 Å². The van der Waals surface area contributed by atoms with Gasteiger partial charge < -0.3 is 8.98 Å². The van der Waals surface area contributed by atoms with Gasteiger partial charge in [-0.25, -0.2) is 4.98 Å². The van der Waals surface area contributed by atoms with Crippen molar-refractivity contribution >= 4 is 50.8 Å². The van der Waals surface area contributed by atoms with Crippen molar-refractivity contribution in [2.24, 2.45) is 0 Å². The summed E-state index contributed by atoms with van der Waals surface area (Å²) in [6.07, 6.45) is 3.93. The van der Waals surface area contributed by atoms with E-state index < -0.39 is 20.1 Å². The van der Waals surface area contributed by atoms with Crippen molar-refractivity contribution in [3.05, 3.63) is 197 Å². The summed E-state index contributed by atoms with van der Waals surface area (Å²) < 4.78 is 32.9. The molecular weight excluding hydrogens is 1070 g/mol. The quantitative estimate of drug-likeness (QED) is 0.107. The van der Waals surface area contributed by atoms with Crippen LogP contribution < -0.4 is 4.40 Å². The Bertz CT molecular complexity index is 3470. The Balaban J connectivity index is 0.000000200. The molecule has 0 atom stereocenters. The van der Waals surface area contributed by atoms with Crippen molar-refractivity contribution in [3.63, 3.8) is 0 Å². The van der Waals surface area contributed by atoms with Crippen LogP contribution in [0.25, 0.3) is 72.6 Å². The smallest absolute Gasteiger partial charge is 0 e. The molecule has 0 bridgehead atoms. The maximum absolute atomic E-state index is 7.56. The van der Waals surface area contributed by atoms with Crippen LogP contribution in [0.3, 0.4) is 0 Å². The van der Waals surface area contributed by atoms with Crippen LogP contribution in [-0.2, 0) is 25.5 Å². The summed E-state index contributed by atoms with van der Waals surface area (Å²) in [5.41, 5.74) is 15.8. The van der Waals surface area contributed by atoms with E-state index in [1.165, 1.54) is 43.5 Å². The van der Waals surface area contributed by atoms with Gasteiger partial charge in [0, 0.05) is 37.4 Å². The molecule has 0 aliphatic heterocycles. The van der Waals surface area contributed by atoms with E-state index in [0.29, 0.717) is 11.2 Å². The second-order valence-electron chi connectivity index (χ2n) is 19.8. The molecule has 7 heteroatoms. The monoisotopic (exact) mass is 1130 g/mol. The number of rotatable bonds is 9. The molecule has 68 heavy (non-hydrogen) atoms. The minimum atomic E-state index is -2.18. The van der Waals surface area contributed by atoms with Gasteiger partial charge in [0.25, 0.3) is 0 Å². The molecule has 0 N–H and O–H groups in total. The number of aromatic nitrogens is 4. The molecule has 0 aliphatic carbocycles. The first-order valence-electron chi connectivity index (χ1n) is 24.8. The van der Waals surface area contributed by atoms with E-state index in [0.717, 1.165) is 55.7 Å². The molecule has 5 nitrogen and oxygen atoms in total. The third-order valence-electron chi connectivity index (χ3n) is 12.9. The zero-order valence-corrected chi connectivity index (χ0v) is 45.1. The molecule has 4 heterocycles. The van der Waals surface area contributed by atoms with Crippen molar-refractivity contribution in [2.75, 3.05) is 0 Å². The molecule has 0 fully saturated rings. The first-order chi connectivity index (χ1) is 33.3. The van der Waals surface area contributed by atoms with Gasteiger partial charge in [-0.05, 0) is 70.8 Å². The summed E-state index contributed by atoms with van der Waals surface area (Å²) >= 11 is -2.18. The molecule has 1 radical (unpaired) electrons. The van der Waals surface area contributed by atoms with Crippen molar-refractivity contribution in [2.45, 2.75) is 89.8 Å². The number of pyridine rings is 2. The molecule has 4 aromatic heterocycles. The average Bonchev–Trinajstić information content (AvgIpc) is 3.92. The van der Waals surface area contributed by atoms with Crippen LogP contribution in [0.4, 0.5) is 0 Å². The molecule has 0 amide bonds. The summed E-state index contributed by atoms with van der Waals surface area (Å²) in [6.45, 7) is 13.6. The molecule has 345 valence electrons. The predicted octanol–water partition coefficient (Wildman–Crippen LogP) is 15.7. The summed E-state index contributed by atoms with van der Waals surface area (Å²) in [6, 6.07) is 54.2. The van der Waals surface area contributed by atoms with E-state index in [1.54, 1.807) is 12.1 Å². The fourth-order valence-electron chi connectivity index (χ4n) is 9.24. The SMILES string of the molecule is Cc1cnc2nc(-c3[c-]ccc4c3oc3ccccc34)n(-c3c(C(C)C)cc(-c4ccccc4)cc3C(C)C)c2c1.[2H]C([2H])([2H])c1c[c-]c(-c2cc(C(C)(C)c3ccccc3)[c]([Ge]([CH3])([CH3])[CH3])cn2)cc1.[Ir].